The zero-order valence-corrected chi connectivity index (χ0v) is 18.2. The number of pyridine rings is 2. The first kappa shape index (κ1) is 20.3. The Morgan fingerprint density at radius 1 is 0.875 bits per heavy atom. The summed E-state index contributed by atoms with van der Waals surface area (Å²) in [6.07, 6.45) is 1.75. The number of piperazine rings is 1. The molecule has 0 atom stereocenters. The summed E-state index contributed by atoms with van der Waals surface area (Å²) in [5, 5.41) is 0.888. The van der Waals surface area contributed by atoms with Crippen molar-refractivity contribution in [3.63, 3.8) is 0 Å². The fourth-order valence-corrected chi connectivity index (χ4v) is 4.35. The normalized spacial score (nSPS) is 14.6. The molecule has 5 nitrogen and oxygen atoms in total. The predicted molar refractivity (Wildman–Crippen MR) is 127 cm³/mol. The summed E-state index contributed by atoms with van der Waals surface area (Å²) in [5.74, 6) is 0.0657. The maximum absolute atomic E-state index is 13.6. The van der Waals surface area contributed by atoms with E-state index in [0.717, 1.165) is 55.0 Å². The van der Waals surface area contributed by atoms with Crippen LogP contribution >= 0.6 is 0 Å². The van der Waals surface area contributed by atoms with E-state index >= 15 is 0 Å². The monoisotopic (exact) mass is 422 g/mol. The minimum absolute atomic E-state index is 0.0657. The van der Waals surface area contributed by atoms with Crippen LogP contribution in [0.15, 0.2) is 79.0 Å². The summed E-state index contributed by atoms with van der Waals surface area (Å²) in [6, 6.07) is 24.1. The topological polar surface area (TPSA) is 49.3 Å². The first-order valence-electron chi connectivity index (χ1n) is 11.1. The van der Waals surface area contributed by atoms with Gasteiger partial charge in [-0.15, -0.1) is 0 Å². The van der Waals surface area contributed by atoms with E-state index < -0.39 is 0 Å². The van der Waals surface area contributed by atoms with Crippen molar-refractivity contribution in [1.29, 1.82) is 0 Å². The van der Waals surface area contributed by atoms with Crippen LogP contribution in [0.4, 0.5) is 0 Å². The molecule has 5 rings (SSSR count). The number of nitrogens with zero attached hydrogens (tertiary/aromatic N) is 4. The highest BCUT2D eigenvalue weighted by Gasteiger charge is 2.24. The summed E-state index contributed by atoms with van der Waals surface area (Å²) in [5.41, 5.74) is 5.62. The van der Waals surface area contributed by atoms with Gasteiger partial charge in [-0.2, -0.15) is 0 Å². The van der Waals surface area contributed by atoms with Gasteiger partial charge in [0.1, 0.15) is 0 Å². The number of carbonyl (C=O) groups is 1. The van der Waals surface area contributed by atoms with Gasteiger partial charge in [0.25, 0.3) is 5.91 Å². The van der Waals surface area contributed by atoms with Gasteiger partial charge in [-0.05, 0) is 36.8 Å². The van der Waals surface area contributed by atoms with Gasteiger partial charge < -0.3 is 4.90 Å². The molecule has 1 fully saturated rings. The summed E-state index contributed by atoms with van der Waals surface area (Å²) in [4.78, 5) is 27.1. The molecule has 1 aliphatic heterocycles. The van der Waals surface area contributed by atoms with Gasteiger partial charge in [-0.1, -0.05) is 54.1 Å². The largest absolute Gasteiger partial charge is 0.336 e. The van der Waals surface area contributed by atoms with Crippen LogP contribution < -0.4 is 0 Å². The first-order chi connectivity index (χ1) is 15.7. The van der Waals surface area contributed by atoms with Crippen LogP contribution in [0.3, 0.4) is 0 Å². The van der Waals surface area contributed by atoms with Crippen LogP contribution in [-0.4, -0.2) is 51.9 Å². The second-order valence-electron chi connectivity index (χ2n) is 8.34. The quantitative estimate of drug-likeness (QED) is 0.484. The molecule has 0 N–H and O–H groups in total. The van der Waals surface area contributed by atoms with Gasteiger partial charge in [-0.25, -0.2) is 4.98 Å². The van der Waals surface area contributed by atoms with Crippen molar-refractivity contribution < 1.29 is 4.79 Å². The molecular formula is C27H26N4O. The number of benzene rings is 2. The van der Waals surface area contributed by atoms with Crippen LogP contribution in [0.2, 0.25) is 0 Å². The molecule has 2 aromatic carbocycles. The molecule has 0 saturated carbocycles. The molecule has 1 aliphatic rings. The number of aromatic nitrogens is 2. The van der Waals surface area contributed by atoms with Crippen LogP contribution in [0.25, 0.3) is 22.3 Å². The number of hydrogen-bond donors (Lipinski definition) is 0. The Kier molecular flexibility index (Phi) is 5.65. The molecule has 0 bridgehead atoms. The standard InChI is InChI=1S/C27H26N4O/c1-20-7-6-8-21(17-20)19-30-13-15-31(16-14-30)27(32)23-18-26(25-11-4-5-12-28-25)29-24-10-3-2-9-22(23)24/h2-12,17-18H,13-16,19H2,1H3. The number of para-hydroxylation sites is 1. The van der Waals surface area contributed by atoms with E-state index in [9.17, 15) is 4.79 Å². The Morgan fingerprint density at radius 2 is 1.69 bits per heavy atom. The lowest BCUT2D eigenvalue weighted by Gasteiger charge is -2.35. The minimum Gasteiger partial charge on any atom is -0.336 e. The molecule has 0 unspecified atom stereocenters. The number of rotatable bonds is 4. The molecule has 5 heteroatoms. The Balaban J connectivity index is 1.37. The summed E-state index contributed by atoms with van der Waals surface area (Å²) >= 11 is 0. The predicted octanol–water partition coefficient (Wildman–Crippen LogP) is 4.56. The number of aryl methyl sites for hydroxylation is 1. The van der Waals surface area contributed by atoms with Gasteiger partial charge >= 0.3 is 0 Å². The second-order valence-corrected chi connectivity index (χ2v) is 8.34. The molecule has 160 valence electrons. The molecular weight excluding hydrogens is 396 g/mol. The van der Waals surface area contributed by atoms with E-state index in [4.69, 9.17) is 4.98 Å². The number of amides is 1. The van der Waals surface area contributed by atoms with E-state index in [2.05, 4.69) is 41.1 Å². The smallest absolute Gasteiger partial charge is 0.254 e. The summed E-state index contributed by atoms with van der Waals surface area (Å²) < 4.78 is 0. The Bertz CT molecular complexity index is 1250. The number of hydrogen-bond acceptors (Lipinski definition) is 4. The Hall–Kier alpha value is -3.57. The van der Waals surface area contributed by atoms with E-state index in [1.54, 1.807) is 6.20 Å². The second kappa shape index (κ2) is 8.89. The highest BCUT2D eigenvalue weighted by Crippen LogP contribution is 2.25. The highest BCUT2D eigenvalue weighted by atomic mass is 16.2. The third-order valence-corrected chi connectivity index (χ3v) is 6.02. The first-order valence-corrected chi connectivity index (χ1v) is 11.1. The average Bonchev–Trinajstić information content (AvgIpc) is 2.84. The van der Waals surface area contributed by atoms with Gasteiger partial charge in [0.15, 0.2) is 0 Å². The summed E-state index contributed by atoms with van der Waals surface area (Å²) in [7, 11) is 0. The molecule has 0 spiro atoms. The lowest BCUT2D eigenvalue weighted by molar-refractivity contribution is 0.0630. The zero-order chi connectivity index (χ0) is 21.9. The fourth-order valence-electron chi connectivity index (χ4n) is 4.35. The van der Waals surface area contributed by atoms with Crippen molar-refractivity contribution >= 4 is 16.8 Å². The fraction of sp³-hybridized carbons (Fsp3) is 0.222. The van der Waals surface area contributed by atoms with Crippen LogP contribution in [-0.2, 0) is 6.54 Å². The van der Waals surface area contributed by atoms with Crippen LogP contribution in [0.1, 0.15) is 21.5 Å². The minimum atomic E-state index is 0.0657. The van der Waals surface area contributed by atoms with Crippen molar-refractivity contribution in [2.24, 2.45) is 0 Å². The van der Waals surface area contributed by atoms with Gasteiger partial charge in [0, 0.05) is 44.3 Å². The molecule has 32 heavy (non-hydrogen) atoms. The molecule has 1 saturated heterocycles. The lowest BCUT2D eigenvalue weighted by Crippen LogP contribution is -2.48. The molecule has 1 amide bonds. The number of carbonyl (C=O) groups excluding carboxylic acids is 1. The molecule has 0 radical (unpaired) electrons. The van der Waals surface area contributed by atoms with Crippen molar-refractivity contribution in [3.05, 3.63) is 95.7 Å². The maximum atomic E-state index is 13.6. The summed E-state index contributed by atoms with van der Waals surface area (Å²) in [6.45, 7) is 6.23. The van der Waals surface area contributed by atoms with E-state index in [1.165, 1.54) is 11.1 Å². The van der Waals surface area contributed by atoms with Crippen molar-refractivity contribution in [1.82, 2.24) is 19.8 Å². The van der Waals surface area contributed by atoms with Crippen molar-refractivity contribution in [2.75, 3.05) is 26.2 Å². The van der Waals surface area contributed by atoms with Gasteiger partial charge in [-0.3, -0.25) is 14.7 Å². The third-order valence-electron chi connectivity index (χ3n) is 6.02. The third kappa shape index (κ3) is 4.25. The van der Waals surface area contributed by atoms with E-state index in [1.807, 2.05) is 53.4 Å². The van der Waals surface area contributed by atoms with Crippen LogP contribution in [0.5, 0.6) is 0 Å². The molecule has 3 heterocycles. The Labute approximate surface area is 188 Å². The number of fused-ring (bicyclic) bond motifs is 1. The van der Waals surface area contributed by atoms with Gasteiger partial charge in [0.05, 0.1) is 22.5 Å². The van der Waals surface area contributed by atoms with Crippen molar-refractivity contribution in [2.45, 2.75) is 13.5 Å². The SMILES string of the molecule is Cc1cccc(CN2CCN(C(=O)c3cc(-c4ccccn4)nc4ccccc34)CC2)c1. The Morgan fingerprint density at radius 3 is 2.47 bits per heavy atom. The average molecular weight is 423 g/mol. The molecule has 2 aromatic heterocycles. The highest BCUT2D eigenvalue weighted by molar-refractivity contribution is 6.07. The lowest BCUT2D eigenvalue weighted by atomic mass is 10.0. The van der Waals surface area contributed by atoms with Crippen molar-refractivity contribution in [3.8, 4) is 11.4 Å². The molecule has 4 aromatic rings. The van der Waals surface area contributed by atoms with E-state index in [0.29, 0.717) is 5.56 Å². The van der Waals surface area contributed by atoms with Crippen LogP contribution in [0, 0.1) is 6.92 Å². The maximum Gasteiger partial charge on any atom is 0.254 e. The van der Waals surface area contributed by atoms with E-state index in [-0.39, 0.29) is 5.91 Å². The zero-order valence-electron chi connectivity index (χ0n) is 18.2. The van der Waals surface area contributed by atoms with Gasteiger partial charge in [0.2, 0.25) is 0 Å². The molecule has 0 aliphatic carbocycles.